The van der Waals surface area contributed by atoms with Gasteiger partial charge in [0.2, 0.25) is 15.9 Å². The molecule has 1 saturated heterocycles. The molecule has 150 valence electrons. The second kappa shape index (κ2) is 8.29. The van der Waals surface area contributed by atoms with Crippen molar-refractivity contribution in [3.63, 3.8) is 0 Å². The Bertz CT molecular complexity index is 795. The summed E-state index contributed by atoms with van der Waals surface area (Å²) in [6, 6.07) is 3.60. The lowest BCUT2D eigenvalue weighted by Gasteiger charge is -2.33. The molecular formula is C20H31N3O3S. The molecule has 0 bridgehead atoms. The van der Waals surface area contributed by atoms with Crippen LogP contribution in [0, 0.1) is 20.8 Å². The third kappa shape index (κ3) is 4.36. The third-order valence-corrected chi connectivity index (χ3v) is 7.91. The first-order valence-corrected chi connectivity index (χ1v) is 11.3. The average molecular weight is 394 g/mol. The molecule has 1 N–H and O–H groups in total. The Morgan fingerprint density at radius 2 is 1.67 bits per heavy atom. The molecule has 1 aliphatic heterocycles. The van der Waals surface area contributed by atoms with E-state index < -0.39 is 10.0 Å². The fourth-order valence-electron chi connectivity index (χ4n) is 4.09. The lowest BCUT2D eigenvalue weighted by atomic mass is 10.1. The van der Waals surface area contributed by atoms with Gasteiger partial charge >= 0.3 is 0 Å². The molecule has 2 aliphatic rings. The normalized spacial score (nSPS) is 19.0. The van der Waals surface area contributed by atoms with Gasteiger partial charge in [-0.1, -0.05) is 18.9 Å². The average Bonchev–Trinajstić information content (AvgIpc) is 3.17. The summed E-state index contributed by atoms with van der Waals surface area (Å²) < 4.78 is 28.6. The van der Waals surface area contributed by atoms with Crippen molar-refractivity contribution in [2.75, 3.05) is 32.7 Å². The molecule has 1 amide bonds. The van der Waals surface area contributed by atoms with E-state index >= 15 is 0 Å². The van der Waals surface area contributed by atoms with Crippen LogP contribution in [0.5, 0.6) is 0 Å². The van der Waals surface area contributed by atoms with Crippen LogP contribution in [0.1, 0.15) is 42.4 Å². The number of nitrogens with one attached hydrogen (secondary N) is 1. The second-order valence-electron chi connectivity index (χ2n) is 7.82. The zero-order valence-corrected chi connectivity index (χ0v) is 17.4. The molecule has 3 rings (SSSR count). The van der Waals surface area contributed by atoms with E-state index in [2.05, 4.69) is 5.32 Å². The molecule has 27 heavy (non-hydrogen) atoms. The summed E-state index contributed by atoms with van der Waals surface area (Å²) in [5.74, 6) is -0.0894. The molecule has 1 aromatic carbocycles. The fourth-order valence-corrected chi connectivity index (χ4v) is 6.02. The topological polar surface area (TPSA) is 69.7 Å². The van der Waals surface area contributed by atoms with Crippen molar-refractivity contribution in [2.45, 2.75) is 57.4 Å². The largest absolute Gasteiger partial charge is 0.339 e. The number of piperazine rings is 1. The number of carbonyl (C=O) groups excluding carboxylic acids is 1. The Hall–Kier alpha value is -1.44. The van der Waals surface area contributed by atoms with Crippen LogP contribution in [-0.2, 0) is 14.8 Å². The van der Waals surface area contributed by atoms with Gasteiger partial charge in [0.25, 0.3) is 0 Å². The van der Waals surface area contributed by atoms with Crippen molar-refractivity contribution in [3.8, 4) is 0 Å². The summed E-state index contributed by atoms with van der Waals surface area (Å²) in [5, 5.41) is 3.23. The maximum atomic E-state index is 13.6. The predicted molar refractivity (Wildman–Crippen MR) is 106 cm³/mol. The van der Waals surface area contributed by atoms with Crippen LogP contribution in [0.3, 0.4) is 0 Å². The Labute approximate surface area is 163 Å². The number of aryl methyl sites for hydroxylation is 3. The van der Waals surface area contributed by atoms with Crippen LogP contribution in [0.25, 0.3) is 0 Å². The van der Waals surface area contributed by atoms with Gasteiger partial charge < -0.3 is 10.2 Å². The van der Waals surface area contributed by atoms with E-state index in [1.165, 1.54) is 4.31 Å². The zero-order valence-electron chi connectivity index (χ0n) is 16.6. The number of hydrogen-bond acceptors (Lipinski definition) is 4. The molecule has 0 atom stereocenters. The van der Waals surface area contributed by atoms with Gasteiger partial charge in [-0.2, -0.15) is 4.31 Å². The molecule has 1 aromatic rings. The monoisotopic (exact) mass is 393 g/mol. The maximum absolute atomic E-state index is 13.6. The molecule has 1 aliphatic carbocycles. The van der Waals surface area contributed by atoms with Crippen molar-refractivity contribution in [1.82, 2.24) is 14.5 Å². The van der Waals surface area contributed by atoms with Crippen molar-refractivity contribution in [3.05, 3.63) is 28.8 Å². The first-order valence-electron chi connectivity index (χ1n) is 9.89. The summed E-state index contributed by atoms with van der Waals surface area (Å²) in [7, 11) is -3.72. The minimum Gasteiger partial charge on any atom is -0.339 e. The fraction of sp³-hybridized carbons (Fsp3) is 0.650. The van der Waals surface area contributed by atoms with E-state index in [0.717, 1.165) is 55.5 Å². The lowest BCUT2D eigenvalue weighted by molar-refractivity contribution is -0.132. The van der Waals surface area contributed by atoms with Gasteiger partial charge in [-0.15, -0.1) is 0 Å². The molecule has 0 unspecified atom stereocenters. The molecular weight excluding hydrogens is 362 g/mol. The van der Waals surface area contributed by atoms with Gasteiger partial charge in [0.1, 0.15) is 0 Å². The van der Waals surface area contributed by atoms with E-state index in [1.807, 2.05) is 26.8 Å². The van der Waals surface area contributed by atoms with Crippen LogP contribution in [0.4, 0.5) is 0 Å². The van der Waals surface area contributed by atoms with Crippen LogP contribution in [-0.4, -0.2) is 62.3 Å². The number of hydrogen-bond donors (Lipinski definition) is 1. The highest BCUT2D eigenvalue weighted by Crippen LogP contribution is 2.31. The Morgan fingerprint density at radius 1 is 1.07 bits per heavy atom. The number of benzene rings is 1. The predicted octanol–water partition coefficient (Wildman–Crippen LogP) is 1.98. The molecule has 0 aromatic heterocycles. The maximum Gasteiger partial charge on any atom is 0.244 e. The molecule has 2 fully saturated rings. The molecule has 7 heteroatoms. The van der Waals surface area contributed by atoms with Gasteiger partial charge in [-0.3, -0.25) is 4.79 Å². The Balaban J connectivity index is 1.92. The summed E-state index contributed by atoms with van der Waals surface area (Å²) in [6.07, 6.45) is 3.70. The van der Waals surface area contributed by atoms with E-state index in [0.29, 0.717) is 18.0 Å². The number of amides is 1. The highest BCUT2D eigenvalue weighted by atomic mass is 32.2. The van der Waals surface area contributed by atoms with Crippen LogP contribution < -0.4 is 5.32 Å². The molecule has 0 spiro atoms. The van der Waals surface area contributed by atoms with Crippen molar-refractivity contribution >= 4 is 15.9 Å². The van der Waals surface area contributed by atoms with E-state index in [9.17, 15) is 13.2 Å². The lowest BCUT2D eigenvalue weighted by Crippen LogP contribution is -2.51. The van der Waals surface area contributed by atoms with Gasteiger partial charge in [0.15, 0.2) is 0 Å². The van der Waals surface area contributed by atoms with E-state index in [1.54, 1.807) is 11.0 Å². The van der Waals surface area contributed by atoms with Gasteiger partial charge in [-0.25, -0.2) is 8.42 Å². The third-order valence-electron chi connectivity index (χ3n) is 5.87. The first kappa shape index (κ1) is 20.3. The zero-order chi connectivity index (χ0) is 19.6. The number of sulfonamides is 1. The number of nitrogens with zero attached hydrogens (tertiary/aromatic N) is 2. The van der Waals surface area contributed by atoms with Crippen molar-refractivity contribution in [1.29, 1.82) is 0 Å². The second-order valence-corrected chi connectivity index (χ2v) is 9.68. The summed E-state index contributed by atoms with van der Waals surface area (Å²) in [6.45, 7) is 8.50. The SMILES string of the molecule is Cc1cc(C)c(S(=O)(=O)N(CC(=O)N2CCNCC2)C2CCCC2)cc1C. The van der Waals surface area contributed by atoms with E-state index in [4.69, 9.17) is 0 Å². The number of carbonyl (C=O) groups is 1. The summed E-state index contributed by atoms with van der Waals surface area (Å²) in [4.78, 5) is 15.0. The first-order chi connectivity index (χ1) is 12.8. The van der Waals surface area contributed by atoms with Gasteiger partial charge in [0, 0.05) is 32.2 Å². The molecule has 6 nitrogen and oxygen atoms in total. The number of rotatable bonds is 5. The standard InChI is InChI=1S/C20H31N3O3S/c1-15-12-17(3)19(13-16(15)2)27(25,26)23(18-6-4-5-7-18)14-20(24)22-10-8-21-9-11-22/h12-13,18,21H,4-11,14H2,1-3H3. The van der Waals surface area contributed by atoms with Crippen molar-refractivity contribution in [2.24, 2.45) is 0 Å². The minimum atomic E-state index is -3.72. The molecule has 1 heterocycles. The Kier molecular flexibility index (Phi) is 6.23. The highest BCUT2D eigenvalue weighted by Gasteiger charge is 2.36. The molecule has 0 radical (unpaired) electrons. The van der Waals surface area contributed by atoms with Crippen LogP contribution in [0.2, 0.25) is 0 Å². The summed E-state index contributed by atoms with van der Waals surface area (Å²) in [5.41, 5.74) is 2.78. The summed E-state index contributed by atoms with van der Waals surface area (Å²) >= 11 is 0. The smallest absolute Gasteiger partial charge is 0.244 e. The minimum absolute atomic E-state index is 0.0562. The van der Waals surface area contributed by atoms with E-state index in [-0.39, 0.29) is 18.5 Å². The highest BCUT2D eigenvalue weighted by molar-refractivity contribution is 7.89. The Morgan fingerprint density at radius 3 is 2.30 bits per heavy atom. The van der Waals surface area contributed by atoms with Gasteiger partial charge in [0.05, 0.1) is 11.4 Å². The van der Waals surface area contributed by atoms with Crippen LogP contribution >= 0.6 is 0 Å². The van der Waals surface area contributed by atoms with Crippen molar-refractivity contribution < 1.29 is 13.2 Å². The molecule has 1 saturated carbocycles. The quantitative estimate of drug-likeness (QED) is 0.830. The van der Waals surface area contributed by atoms with Crippen LogP contribution in [0.15, 0.2) is 17.0 Å². The van der Waals surface area contributed by atoms with Gasteiger partial charge in [-0.05, 0) is 56.4 Å².